The number of piperazine rings is 1. The van der Waals surface area contributed by atoms with Crippen LogP contribution in [0.5, 0.6) is 0 Å². The van der Waals surface area contributed by atoms with Gasteiger partial charge < -0.3 is 9.80 Å². The van der Waals surface area contributed by atoms with Gasteiger partial charge in [0.1, 0.15) is 5.70 Å². The largest absolute Gasteiger partial charge is 0.360 e. The van der Waals surface area contributed by atoms with E-state index < -0.39 is 0 Å². The zero-order chi connectivity index (χ0) is 17.6. The number of rotatable bonds is 5. The normalized spacial score (nSPS) is 14.0. The van der Waals surface area contributed by atoms with E-state index in [2.05, 4.69) is 43.6 Å². The molecule has 3 heterocycles. The second-order valence-electron chi connectivity index (χ2n) is 5.58. The van der Waals surface area contributed by atoms with Gasteiger partial charge in [-0.05, 0) is 12.1 Å². The lowest BCUT2D eigenvalue weighted by Gasteiger charge is -2.36. The lowest BCUT2D eigenvalue weighted by molar-refractivity contribution is 0.225. The highest BCUT2D eigenvalue weighted by Gasteiger charge is 2.21. The maximum Gasteiger partial charge on any atom is 0.225 e. The molecule has 2 N–H and O–H groups in total. The van der Waals surface area contributed by atoms with Crippen molar-refractivity contribution < 1.29 is 5.21 Å². The summed E-state index contributed by atoms with van der Waals surface area (Å²) in [4.78, 5) is 17.4. The summed E-state index contributed by atoms with van der Waals surface area (Å²) in [6, 6.07) is 5.81. The molecule has 128 valence electrons. The van der Waals surface area contributed by atoms with Crippen molar-refractivity contribution in [2.75, 3.05) is 31.1 Å². The summed E-state index contributed by atoms with van der Waals surface area (Å²) < 4.78 is 0. The molecule has 25 heavy (non-hydrogen) atoms. The Morgan fingerprint density at radius 3 is 2.40 bits per heavy atom. The minimum Gasteiger partial charge on any atom is -0.360 e. The molecule has 0 radical (unpaired) electrons. The summed E-state index contributed by atoms with van der Waals surface area (Å²) in [7, 11) is 0. The second-order valence-corrected chi connectivity index (χ2v) is 5.58. The lowest BCUT2D eigenvalue weighted by Crippen LogP contribution is -2.46. The Morgan fingerprint density at radius 1 is 1.12 bits per heavy atom. The third-order valence-corrected chi connectivity index (χ3v) is 4.08. The Bertz CT molecular complexity index is 775. The molecular formula is C18H20N6O. The summed E-state index contributed by atoms with van der Waals surface area (Å²) in [6.45, 7) is 10.7. The van der Waals surface area contributed by atoms with E-state index in [1.54, 1.807) is 18.6 Å². The van der Waals surface area contributed by atoms with Crippen LogP contribution in [0.25, 0.3) is 11.4 Å². The molecular weight excluding hydrogens is 316 g/mol. The van der Waals surface area contributed by atoms with E-state index in [1.807, 2.05) is 23.7 Å². The standard InChI is InChI=1S/C18H20N6O/c1-3-17(16-6-4-5-7-19-16)23-8-10-24(11-9-23)18-20-12-15(13-21-18)14(2)22-25/h4-7,12-13,22,25H,1-2,8-11H2. The van der Waals surface area contributed by atoms with Gasteiger partial charge in [-0.25, -0.2) is 9.97 Å². The molecule has 0 aromatic carbocycles. The molecule has 3 rings (SSSR count). The molecule has 0 saturated carbocycles. The third-order valence-electron chi connectivity index (χ3n) is 4.08. The monoisotopic (exact) mass is 336 g/mol. The summed E-state index contributed by atoms with van der Waals surface area (Å²) in [6.07, 6.45) is 5.06. The maximum absolute atomic E-state index is 8.87. The van der Waals surface area contributed by atoms with Crippen LogP contribution in [0.4, 0.5) is 5.95 Å². The van der Waals surface area contributed by atoms with Crippen molar-refractivity contribution in [3.05, 3.63) is 66.9 Å². The van der Waals surface area contributed by atoms with Gasteiger partial charge in [0.05, 0.1) is 11.4 Å². The van der Waals surface area contributed by atoms with Crippen LogP contribution in [0.2, 0.25) is 0 Å². The summed E-state index contributed by atoms with van der Waals surface area (Å²) >= 11 is 0. The zero-order valence-corrected chi connectivity index (χ0v) is 13.9. The van der Waals surface area contributed by atoms with Crippen LogP contribution >= 0.6 is 0 Å². The fourth-order valence-corrected chi connectivity index (χ4v) is 2.70. The van der Waals surface area contributed by atoms with E-state index in [-0.39, 0.29) is 0 Å². The first-order valence-electron chi connectivity index (χ1n) is 7.95. The van der Waals surface area contributed by atoms with E-state index in [1.165, 1.54) is 0 Å². The molecule has 0 amide bonds. The highest BCUT2D eigenvalue weighted by molar-refractivity contribution is 5.61. The van der Waals surface area contributed by atoms with Crippen LogP contribution in [0.3, 0.4) is 0 Å². The molecule has 1 aliphatic heterocycles. The fourth-order valence-electron chi connectivity index (χ4n) is 2.70. The topological polar surface area (TPSA) is 77.4 Å². The average Bonchev–Trinajstić information content (AvgIpc) is 2.69. The number of hydroxylamine groups is 1. The van der Waals surface area contributed by atoms with Crippen LogP contribution in [0.1, 0.15) is 11.3 Å². The number of anilines is 1. The van der Waals surface area contributed by atoms with Gasteiger partial charge in [0.15, 0.2) is 0 Å². The van der Waals surface area contributed by atoms with Gasteiger partial charge in [0, 0.05) is 50.3 Å². The van der Waals surface area contributed by atoms with Crippen LogP contribution in [0.15, 0.2) is 55.7 Å². The van der Waals surface area contributed by atoms with Gasteiger partial charge in [-0.2, -0.15) is 0 Å². The van der Waals surface area contributed by atoms with E-state index in [9.17, 15) is 0 Å². The molecule has 7 nitrogen and oxygen atoms in total. The van der Waals surface area contributed by atoms with Crippen LogP contribution in [-0.4, -0.2) is 51.2 Å². The quantitative estimate of drug-likeness (QED) is 0.636. The number of hydrogen-bond acceptors (Lipinski definition) is 7. The first-order chi connectivity index (χ1) is 12.2. The Hall–Kier alpha value is -3.15. The highest BCUT2D eigenvalue weighted by Crippen LogP contribution is 2.20. The van der Waals surface area contributed by atoms with Crippen molar-refractivity contribution in [3.63, 3.8) is 0 Å². The van der Waals surface area contributed by atoms with Gasteiger partial charge in [0.2, 0.25) is 5.95 Å². The molecule has 0 bridgehead atoms. The van der Waals surface area contributed by atoms with Gasteiger partial charge >= 0.3 is 0 Å². The smallest absolute Gasteiger partial charge is 0.225 e. The second kappa shape index (κ2) is 7.61. The molecule has 1 saturated heterocycles. The minimum absolute atomic E-state index is 0.368. The molecule has 7 heteroatoms. The van der Waals surface area contributed by atoms with Crippen molar-refractivity contribution in [3.8, 4) is 0 Å². The van der Waals surface area contributed by atoms with Gasteiger partial charge in [-0.1, -0.05) is 19.2 Å². The molecule has 0 aliphatic carbocycles. The number of nitrogens with zero attached hydrogens (tertiary/aromatic N) is 5. The average molecular weight is 336 g/mol. The van der Waals surface area contributed by atoms with Crippen molar-refractivity contribution in [1.82, 2.24) is 25.3 Å². The van der Waals surface area contributed by atoms with E-state index in [0.717, 1.165) is 37.6 Å². The summed E-state index contributed by atoms with van der Waals surface area (Å²) in [5, 5.41) is 8.87. The fraction of sp³-hybridized carbons (Fsp3) is 0.222. The molecule has 1 aliphatic rings. The van der Waals surface area contributed by atoms with Crippen LogP contribution in [0, 0.1) is 0 Å². The molecule has 1 fully saturated rings. The number of nitrogens with one attached hydrogen (secondary N) is 1. The molecule has 0 unspecified atom stereocenters. The van der Waals surface area contributed by atoms with Crippen molar-refractivity contribution in [1.29, 1.82) is 0 Å². The highest BCUT2D eigenvalue weighted by atomic mass is 16.5. The number of aromatic nitrogens is 3. The van der Waals surface area contributed by atoms with E-state index in [0.29, 0.717) is 17.2 Å². The van der Waals surface area contributed by atoms with Gasteiger partial charge in [-0.3, -0.25) is 15.7 Å². The lowest BCUT2D eigenvalue weighted by atomic mass is 10.2. The van der Waals surface area contributed by atoms with Crippen molar-refractivity contribution >= 4 is 17.3 Å². The van der Waals surface area contributed by atoms with Gasteiger partial charge in [-0.15, -0.1) is 5.73 Å². The Labute approximate surface area is 146 Å². The van der Waals surface area contributed by atoms with Crippen LogP contribution in [-0.2, 0) is 0 Å². The van der Waals surface area contributed by atoms with Crippen molar-refractivity contribution in [2.45, 2.75) is 0 Å². The Morgan fingerprint density at radius 2 is 1.84 bits per heavy atom. The third kappa shape index (κ3) is 3.68. The number of pyridine rings is 1. The maximum atomic E-state index is 8.87. The Kier molecular flexibility index (Phi) is 5.09. The van der Waals surface area contributed by atoms with Gasteiger partial charge in [0.25, 0.3) is 0 Å². The van der Waals surface area contributed by atoms with Crippen LogP contribution < -0.4 is 10.4 Å². The summed E-state index contributed by atoms with van der Waals surface area (Å²) in [5.41, 5.74) is 7.83. The molecule has 0 spiro atoms. The first kappa shape index (κ1) is 16.7. The first-order valence-corrected chi connectivity index (χ1v) is 7.95. The van der Waals surface area contributed by atoms with E-state index >= 15 is 0 Å². The predicted octanol–water partition coefficient (Wildman–Crippen LogP) is 1.77. The molecule has 2 aromatic rings. The Balaban J connectivity index is 1.65. The number of hydrogen-bond donors (Lipinski definition) is 2. The minimum atomic E-state index is 0.368. The van der Waals surface area contributed by atoms with Crippen molar-refractivity contribution in [2.24, 2.45) is 0 Å². The SMILES string of the molecule is C=C=C(c1ccccn1)N1CCN(c2ncc(C(=C)NO)cn2)CC1. The zero-order valence-electron chi connectivity index (χ0n) is 13.9. The molecule has 0 atom stereocenters. The molecule has 2 aromatic heterocycles. The van der Waals surface area contributed by atoms with E-state index in [4.69, 9.17) is 5.21 Å². The summed E-state index contributed by atoms with van der Waals surface area (Å²) in [5.74, 6) is 0.663. The predicted molar refractivity (Wildman–Crippen MR) is 96.6 cm³/mol.